The summed E-state index contributed by atoms with van der Waals surface area (Å²) in [6, 6.07) is 0.182. The van der Waals surface area contributed by atoms with Gasteiger partial charge in [0, 0.05) is 11.6 Å². The van der Waals surface area contributed by atoms with Crippen LogP contribution in [0.25, 0.3) is 0 Å². The van der Waals surface area contributed by atoms with Crippen molar-refractivity contribution in [2.75, 3.05) is 6.61 Å². The van der Waals surface area contributed by atoms with E-state index < -0.39 is 0 Å². The summed E-state index contributed by atoms with van der Waals surface area (Å²) in [7, 11) is 0. The smallest absolute Gasteiger partial charge is 0.0685 e. The molecule has 0 bridgehead atoms. The molecule has 2 N–H and O–H groups in total. The van der Waals surface area contributed by atoms with E-state index >= 15 is 0 Å². The molecule has 0 aliphatic carbocycles. The third-order valence-electron chi connectivity index (χ3n) is 5.81. The molecule has 144 valence electrons. The fraction of sp³-hybridized carbons (Fsp3) is 1.00. The molecule has 0 saturated carbocycles. The third kappa shape index (κ3) is 6.00. The SMILES string of the molecule is CCCCCCCCON1C(C)(C)CC(CCCC)C(N)C1(C)C. The standard InChI is InChI=1S/C21H44N2O/c1-7-9-11-12-13-14-16-24-23-20(3,4)17-18(15-10-8-2)19(22)21(23,5)6/h18-19H,7-17,22H2,1-6H3. The van der Waals surface area contributed by atoms with Crippen LogP contribution in [0.2, 0.25) is 0 Å². The number of hydrogen-bond acceptors (Lipinski definition) is 3. The monoisotopic (exact) mass is 340 g/mol. The Balaban J connectivity index is 2.53. The Morgan fingerprint density at radius 1 is 0.917 bits per heavy atom. The van der Waals surface area contributed by atoms with Crippen LogP contribution in [0.1, 0.15) is 106 Å². The first-order chi connectivity index (χ1) is 11.3. The fourth-order valence-electron chi connectivity index (χ4n) is 4.47. The molecule has 1 aliphatic heterocycles. The van der Waals surface area contributed by atoms with E-state index in [0.717, 1.165) is 19.4 Å². The van der Waals surface area contributed by atoms with Gasteiger partial charge in [0.15, 0.2) is 0 Å². The van der Waals surface area contributed by atoms with Gasteiger partial charge in [-0.15, -0.1) is 0 Å². The van der Waals surface area contributed by atoms with E-state index in [1.54, 1.807) is 0 Å². The molecule has 1 rings (SSSR count). The Labute approximate surface area is 151 Å². The van der Waals surface area contributed by atoms with Crippen LogP contribution in [0.4, 0.5) is 0 Å². The van der Waals surface area contributed by atoms with E-state index in [1.807, 2.05) is 0 Å². The number of unbranched alkanes of at least 4 members (excludes halogenated alkanes) is 6. The van der Waals surface area contributed by atoms with Gasteiger partial charge < -0.3 is 5.73 Å². The average molecular weight is 341 g/mol. The maximum atomic E-state index is 6.67. The van der Waals surface area contributed by atoms with Crippen molar-refractivity contribution in [2.24, 2.45) is 11.7 Å². The van der Waals surface area contributed by atoms with Crippen molar-refractivity contribution in [1.29, 1.82) is 0 Å². The van der Waals surface area contributed by atoms with Gasteiger partial charge in [-0.2, -0.15) is 5.06 Å². The van der Waals surface area contributed by atoms with Crippen LogP contribution in [-0.2, 0) is 4.84 Å². The van der Waals surface area contributed by atoms with E-state index in [2.05, 4.69) is 46.6 Å². The molecule has 1 heterocycles. The molecule has 24 heavy (non-hydrogen) atoms. The average Bonchev–Trinajstić information content (AvgIpc) is 2.51. The molecule has 0 amide bonds. The van der Waals surface area contributed by atoms with E-state index in [-0.39, 0.29) is 17.1 Å². The number of hydroxylamine groups is 2. The van der Waals surface area contributed by atoms with Gasteiger partial charge in [-0.25, -0.2) is 0 Å². The summed E-state index contributed by atoms with van der Waals surface area (Å²) in [6.07, 6.45) is 12.7. The first-order valence-corrected chi connectivity index (χ1v) is 10.5. The molecular weight excluding hydrogens is 296 g/mol. The highest BCUT2D eigenvalue weighted by Gasteiger charge is 2.51. The van der Waals surface area contributed by atoms with Crippen LogP contribution in [0.5, 0.6) is 0 Å². The van der Waals surface area contributed by atoms with E-state index in [9.17, 15) is 0 Å². The predicted molar refractivity (Wildman–Crippen MR) is 105 cm³/mol. The normalized spacial score (nSPS) is 26.6. The maximum absolute atomic E-state index is 6.67. The van der Waals surface area contributed by atoms with Crippen molar-refractivity contribution >= 4 is 0 Å². The van der Waals surface area contributed by atoms with Crippen molar-refractivity contribution < 1.29 is 4.84 Å². The van der Waals surface area contributed by atoms with Gasteiger partial charge in [-0.3, -0.25) is 4.84 Å². The molecule has 0 radical (unpaired) electrons. The lowest BCUT2D eigenvalue weighted by Crippen LogP contribution is -2.69. The highest BCUT2D eigenvalue weighted by molar-refractivity contribution is 5.04. The number of nitrogens with zero attached hydrogens (tertiary/aromatic N) is 1. The molecule has 3 nitrogen and oxygen atoms in total. The van der Waals surface area contributed by atoms with Crippen molar-refractivity contribution in [3.8, 4) is 0 Å². The lowest BCUT2D eigenvalue weighted by molar-refractivity contribution is -0.293. The molecule has 0 aromatic heterocycles. The minimum Gasteiger partial charge on any atom is -0.326 e. The van der Waals surface area contributed by atoms with Gasteiger partial charge in [-0.05, 0) is 52.9 Å². The predicted octanol–water partition coefficient (Wildman–Crippen LogP) is 5.68. The number of hydrogen-bond donors (Lipinski definition) is 1. The van der Waals surface area contributed by atoms with Gasteiger partial charge in [0.1, 0.15) is 0 Å². The Hall–Kier alpha value is -0.120. The lowest BCUT2D eigenvalue weighted by atomic mass is 9.70. The first-order valence-electron chi connectivity index (χ1n) is 10.5. The molecular formula is C21H44N2O. The second kappa shape index (κ2) is 10.1. The van der Waals surface area contributed by atoms with Crippen LogP contribution in [0, 0.1) is 5.92 Å². The van der Waals surface area contributed by atoms with E-state index in [0.29, 0.717) is 5.92 Å². The highest BCUT2D eigenvalue weighted by atomic mass is 16.7. The molecule has 1 aliphatic rings. The minimum atomic E-state index is -0.109. The van der Waals surface area contributed by atoms with Crippen LogP contribution in [0.15, 0.2) is 0 Å². The fourth-order valence-corrected chi connectivity index (χ4v) is 4.47. The molecule has 2 unspecified atom stereocenters. The van der Waals surface area contributed by atoms with Crippen molar-refractivity contribution in [3.63, 3.8) is 0 Å². The topological polar surface area (TPSA) is 38.5 Å². The molecule has 2 atom stereocenters. The Morgan fingerprint density at radius 2 is 1.50 bits per heavy atom. The van der Waals surface area contributed by atoms with Crippen molar-refractivity contribution in [1.82, 2.24) is 5.06 Å². The van der Waals surface area contributed by atoms with Crippen LogP contribution >= 0.6 is 0 Å². The van der Waals surface area contributed by atoms with Gasteiger partial charge in [-0.1, -0.05) is 58.8 Å². The van der Waals surface area contributed by atoms with Gasteiger partial charge >= 0.3 is 0 Å². The quantitative estimate of drug-likeness (QED) is 0.492. The third-order valence-corrected chi connectivity index (χ3v) is 5.81. The highest BCUT2D eigenvalue weighted by Crippen LogP contribution is 2.42. The Morgan fingerprint density at radius 3 is 2.12 bits per heavy atom. The van der Waals surface area contributed by atoms with Crippen molar-refractivity contribution in [2.45, 2.75) is 123 Å². The van der Waals surface area contributed by atoms with Gasteiger partial charge in [0.2, 0.25) is 0 Å². The van der Waals surface area contributed by atoms with Gasteiger partial charge in [0.05, 0.1) is 12.1 Å². The molecule has 1 saturated heterocycles. The summed E-state index contributed by atoms with van der Waals surface area (Å²) >= 11 is 0. The lowest BCUT2D eigenvalue weighted by Gasteiger charge is -2.57. The van der Waals surface area contributed by atoms with E-state index in [1.165, 1.54) is 51.4 Å². The summed E-state index contributed by atoms with van der Waals surface area (Å²) in [5, 5.41) is 2.24. The minimum absolute atomic E-state index is 0.0555. The Kier molecular flexibility index (Phi) is 9.25. The van der Waals surface area contributed by atoms with Crippen molar-refractivity contribution in [3.05, 3.63) is 0 Å². The first kappa shape index (κ1) is 21.9. The summed E-state index contributed by atoms with van der Waals surface area (Å²) in [4.78, 5) is 6.30. The summed E-state index contributed by atoms with van der Waals surface area (Å²) in [5.74, 6) is 0.601. The zero-order chi connectivity index (χ0) is 18.2. The summed E-state index contributed by atoms with van der Waals surface area (Å²) < 4.78 is 0. The van der Waals surface area contributed by atoms with Gasteiger partial charge in [0.25, 0.3) is 0 Å². The summed E-state index contributed by atoms with van der Waals surface area (Å²) in [6.45, 7) is 14.5. The summed E-state index contributed by atoms with van der Waals surface area (Å²) in [5.41, 5.74) is 6.62. The van der Waals surface area contributed by atoms with Crippen LogP contribution in [0.3, 0.4) is 0 Å². The van der Waals surface area contributed by atoms with E-state index in [4.69, 9.17) is 10.6 Å². The molecule has 0 spiro atoms. The van der Waals surface area contributed by atoms with Crippen LogP contribution in [-0.4, -0.2) is 28.8 Å². The largest absolute Gasteiger partial charge is 0.326 e. The number of rotatable bonds is 11. The second-order valence-electron chi connectivity index (χ2n) is 8.99. The molecule has 1 fully saturated rings. The zero-order valence-corrected chi connectivity index (χ0v) is 17.4. The maximum Gasteiger partial charge on any atom is 0.0685 e. The molecule has 3 heteroatoms. The second-order valence-corrected chi connectivity index (χ2v) is 8.99. The zero-order valence-electron chi connectivity index (χ0n) is 17.4. The Bertz CT molecular complexity index is 341. The molecule has 0 aromatic carbocycles. The molecule has 0 aromatic rings. The van der Waals surface area contributed by atoms with Crippen LogP contribution < -0.4 is 5.73 Å². The number of nitrogens with two attached hydrogens (primary N) is 1. The number of piperidine rings is 1.